The van der Waals surface area contributed by atoms with Crippen molar-refractivity contribution in [2.75, 3.05) is 12.4 Å². The molecule has 2 N–H and O–H groups in total. The Labute approximate surface area is 203 Å². The molecule has 3 aromatic rings. The Morgan fingerprint density at radius 2 is 1.97 bits per heavy atom. The minimum Gasteiger partial charge on any atom is -0.480 e. The fourth-order valence-corrected chi connectivity index (χ4v) is 3.62. The summed E-state index contributed by atoms with van der Waals surface area (Å²) in [5, 5.41) is 9.62. The van der Waals surface area contributed by atoms with Gasteiger partial charge in [0.2, 0.25) is 5.88 Å². The average Bonchev–Trinajstić information content (AvgIpc) is 3.33. The zero-order valence-electron chi connectivity index (χ0n) is 19.0. The third kappa shape index (κ3) is 4.69. The number of rotatable bonds is 6. The first-order chi connectivity index (χ1) is 16.5. The van der Waals surface area contributed by atoms with Gasteiger partial charge in [0.1, 0.15) is 11.3 Å². The van der Waals surface area contributed by atoms with Crippen molar-refractivity contribution in [3.8, 4) is 23.2 Å². The van der Waals surface area contributed by atoms with E-state index in [1.54, 1.807) is 26.0 Å². The molecule has 0 aliphatic carbocycles. The van der Waals surface area contributed by atoms with Crippen molar-refractivity contribution in [2.24, 2.45) is 0 Å². The summed E-state index contributed by atoms with van der Waals surface area (Å²) in [6.45, 7) is 4.91. The molecule has 35 heavy (non-hydrogen) atoms. The lowest BCUT2D eigenvalue weighted by Crippen LogP contribution is -2.32. The number of nitrogens with one attached hydrogen (secondary N) is 2. The molecule has 0 radical (unpaired) electrons. The van der Waals surface area contributed by atoms with Crippen molar-refractivity contribution < 1.29 is 32.6 Å². The highest BCUT2D eigenvalue weighted by atomic mass is 35.5. The SMILES string of the molecule is COc1cc(C(=O)Nc2c(C)cc3c(c2C(=O)NC(C)C)OC(F)(F)O3)n(-c2ncccc2Cl)n1. The largest absolute Gasteiger partial charge is 0.586 e. The molecule has 3 heterocycles. The predicted molar refractivity (Wildman–Crippen MR) is 121 cm³/mol. The number of ether oxygens (including phenoxy) is 3. The van der Waals surface area contributed by atoms with Gasteiger partial charge in [-0.05, 0) is 44.5 Å². The van der Waals surface area contributed by atoms with Gasteiger partial charge in [0, 0.05) is 18.3 Å². The first-order valence-corrected chi connectivity index (χ1v) is 10.7. The highest BCUT2D eigenvalue weighted by molar-refractivity contribution is 6.32. The summed E-state index contributed by atoms with van der Waals surface area (Å²) in [7, 11) is 1.37. The molecule has 0 saturated carbocycles. The molecule has 1 aromatic carbocycles. The summed E-state index contributed by atoms with van der Waals surface area (Å²) < 4.78 is 43.1. The quantitative estimate of drug-likeness (QED) is 0.519. The van der Waals surface area contributed by atoms with Gasteiger partial charge in [0.05, 0.1) is 17.8 Å². The van der Waals surface area contributed by atoms with Gasteiger partial charge in [-0.1, -0.05) is 11.6 Å². The summed E-state index contributed by atoms with van der Waals surface area (Å²) in [5.74, 6) is -2.05. The van der Waals surface area contributed by atoms with Gasteiger partial charge in [0.25, 0.3) is 11.8 Å². The maximum absolute atomic E-state index is 13.8. The first kappa shape index (κ1) is 24.2. The van der Waals surface area contributed by atoms with E-state index >= 15 is 0 Å². The van der Waals surface area contributed by atoms with Crippen LogP contribution in [-0.4, -0.2) is 46.0 Å². The van der Waals surface area contributed by atoms with Crippen LogP contribution in [-0.2, 0) is 0 Å². The number of pyridine rings is 1. The van der Waals surface area contributed by atoms with Crippen molar-refractivity contribution in [1.82, 2.24) is 20.1 Å². The summed E-state index contributed by atoms with van der Waals surface area (Å²) in [6.07, 6.45) is -2.50. The van der Waals surface area contributed by atoms with Crippen LogP contribution >= 0.6 is 11.6 Å². The van der Waals surface area contributed by atoms with E-state index in [4.69, 9.17) is 16.3 Å². The van der Waals surface area contributed by atoms with E-state index < -0.39 is 23.9 Å². The van der Waals surface area contributed by atoms with E-state index in [9.17, 15) is 18.4 Å². The van der Waals surface area contributed by atoms with Gasteiger partial charge in [0.15, 0.2) is 17.3 Å². The molecular formula is C22H20ClF2N5O5. The van der Waals surface area contributed by atoms with Crippen LogP contribution in [0.25, 0.3) is 5.82 Å². The lowest BCUT2D eigenvalue weighted by atomic mass is 10.0. The summed E-state index contributed by atoms with van der Waals surface area (Å²) >= 11 is 6.23. The van der Waals surface area contributed by atoms with E-state index in [1.165, 1.54) is 37.0 Å². The van der Waals surface area contributed by atoms with E-state index in [-0.39, 0.29) is 51.0 Å². The number of nitrogens with zero attached hydrogens (tertiary/aromatic N) is 3. The second kappa shape index (κ2) is 9.02. The summed E-state index contributed by atoms with van der Waals surface area (Å²) in [4.78, 5) is 30.5. The lowest BCUT2D eigenvalue weighted by Gasteiger charge is -2.17. The van der Waals surface area contributed by atoms with E-state index in [2.05, 4.69) is 30.2 Å². The molecule has 184 valence electrons. The van der Waals surface area contributed by atoms with Crippen LogP contribution in [0.4, 0.5) is 14.5 Å². The Bertz CT molecular complexity index is 1330. The molecule has 0 unspecified atom stereocenters. The number of halogens is 3. The number of amides is 2. The molecule has 0 atom stereocenters. The first-order valence-electron chi connectivity index (χ1n) is 10.3. The monoisotopic (exact) mass is 507 g/mol. The highest BCUT2D eigenvalue weighted by Crippen LogP contribution is 2.47. The zero-order chi connectivity index (χ0) is 25.5. The van der Waals surface area contributed by atoms with Gasteiger partial charge in [-0.2, -0.15) is 0 Å². The second-order valence-corrected chi connectivity index (χ2v) is 8.22. The number of hydrogen-bond donors (Lipinski definition) is 2. The molecular weight excluding hydrogens is 488 g/mol. The number of alkyl halides is 2. The topological polar surface area (TPSA) is 117 Å². The van der Waals surface area contributed by atoms with Crippen LogP contribution in [0.1, 0.15) is 40.3 Å². The van der Waals surface area contributed by atoms with Crippen molar-refractivity contribution in [1.29, 1.82) is 0 Å². The summed E-state index contributed by atoms with van der Waals surface area (Å²) in [6, 6.07) is 5.42. The number of aromatic nitrogens is 3. The van der Waals surface area contributed by atoms with Gasteiger partial charge in [-0.3, -0.25) is 9.59 Å². The molecule has 1 aliphatic rings. The highest BCUT2D eigenvalue weighted by Gasteiger charge is 2.46. The normalized spacial score (nSPS) is 13.6. The molecule has 0 fully saturated rings. The number of carbonyl (C=O) groups excluding carboxylic acids is 2. The van der Waals surface area contributed by atoms with Gasteiger partial charge < -0.3 is 24.8 Å². The number of aryl methyl sites for hydroxylation is 1. The van der Waals surface area contributed by atoms with Crippen LogP contribution < -0.4 is 24.8 Å². The third-order valence-corrected chi connectivity index (χ3v) is 5.14. The van der Waals surface area contributed by atoms with Crippen LogP contribution in [0.5, 0.6) is 17.4 Å². The molecule has 4 rings (SSSR count). The molecule has 13 heteroatoms. The Kier molecular flexibility index (Phi) is 6.24. The average molecular weight is 508 g/mol. The smallest absolute Gasteiger partial charge is 0.480 e. The number of anilines is 1. The zero-order valence-corrected chi connectivity index (χ0v) is 19.7. The van der Waals surface area contributed by atoms with Gasteiger partial charge >= 0.3 is 6.29 Å². The predicted octanol–water partition coefficient (Wildman–Crippen LogP) is 3.95. The van der Waals surface area contributed by atoms with Crippen molar-refractivity contribution in [2.45, 2.75) is 33.1 Å². The van der Waals surface area contributed by atoms with Gasteiger partial charge in [-0.25, -0.2) is 9.67 Å². The molecule has 0 spiro atoms. The Morgan fingerprint density at radius 1 is 1.23 bits per heavy atom. The van der Waals surface area contributed by atoms with Crippen LogP contribution in [0.15, 0.2) is 30.5 Å². The van der Waals surface area contributed by atoms with E-state index in [0.717, 1.165) is 0 Å². The van der Waals surface area contributed by atoms with Crippen molar-refractivity contribution in [3.05, 3.63) is 52.3 Å². The molecule has 10 nitrogen and oxygen atoms in total. The minimum atomic E-state index is -3.97. The molecule has 0 saturated heterocycles. The Balaban J connectivity index is 1.81. The fourth-order valence-electron chi connectivity index (χ4n) is 3.42. The number of benzene rings is 1. The lowest BCUT2D eigenvalue weighted by molar-refractivity contribution is -0.286. The van der Waals surface area contributed by atoms with Crippen LogP contribution in [0, 0.1) is 6.92 Å². The van der Waals surface area contributed by atoms with Crippen LogP contribution in [0.3, 0.4) is 0 Å². The minimum absolute atomic E-state index is 0.0416. The fraction of sp³-hybridized carbons (Fsp3) is 0.273. The number of hydrogen-bond acceptors (Lipinski definition) is 7. The van der Waals surface area contributed by atoms with E-state index in [0.29, 0.717) is 0 Å². The summed E-state index contributed by atoms with van der Waals surface area (Å²) in [5.41, 5.74) is -0.124. The maximum atomic E-state index is 13.8. The van der Waals surface area contributed by atoms with Crippen molar-refractivity contribution in [3.63, 3.8) is 0 Å². The number of methoxy groups -OCH3 is 1. The third-order valence-electron chi connectivity index (χ3n) is 4.85. The van der Waals surface area contributed by atoms with E-state index in [1.807, 2.05) is 0 Å². The standard InChI is InChI=1S/C22H20ClF2N5O5/c1-10(2)27-21(32)16-17(11(3)8-14-18(16)35-22(24,25)34-14)28-20(31)13-9-15(33-4)29-30(13)19-12(23)6-5-7-26-19/h5-10H,1-4H3,(H,27,32)(H,28,31). The Hall–Kier alpha value is -3.93. The number of fused-ring (bicyclic) bond motifs is 1. The second-order valence-electron chi connectivity index (χ2n) is 7.81. The molecule has 2 aromatic heterocycles. The molecule has 2 amide bonds. The van der Waals surface area contributed by atoms with Gasteiger partial charge in [-0.15, -0.1) is 13.9 Å². The molecule has 1 aliphatic heterocycles. The number of carbonyl (C=O) groups is 2. The Morgan fingerprint density at radius 3 is 2.63 bits per heavy atom. The maximum Gasteiger partial charge on any atom is 0.586 e. The van der Waals surface area contributed by atoms with Crippen molar-refractivity contribution >= 4 is 29.1 Å². The van der Waals surface area contributed by atoms with Crippen LogP contribution in [0.2, 0.25) is 5.02 Å². The molecule has 0 bridgehead atoms.